The number of hydrogen-bond acceptors (Lipinski definition) is 2. The van der Waals surface area contributed by atoms with Gasteiger partial charge in [-0.1, -0.05) is 40.0 Å². The third-order valence-electron chi connectivity index (χ3n) is 3.81. The average Bonchev–Trinajstić information content (AvgIpc) is 2.25. The van der Waals surface area contributed by atoms with E-state index in [9.17, 15) is 0 Å². The molecule has 2 nitrogen and oxygen atoms in total. The van der Waals surface area contributed by atoms with E-state index < -0.39 is 0 Å². The summed E-state index contributed by atoms with van der Waals surface area (Å²) in [6.07, 6.45) is 7.02. The second-order valence-electron chi connectivity index (χ2n) is 6.43. The minimum atomic E-state index is 0.0276. The van der Waals surface area contributed by atoms with E-state index >= 15 is 0 Å². The highest BCUT2D eigenvalue weighted by atomic mass is 16.3. The van der Waals surface area contributed by atoms with Crippen molar-refractivity contribution in [2.24, 2.45) is 17.3 Å². The van der Waals surface area contributed by atoms with Gasteiger partial charge in [0.25, 0.3) is 0 Å². The Morgan fingerprint density at radius 2 is 2.06 bits per heavy atom. The molecule has 0 aromatic heterocycles. The molecule has 0 spiro atoms. The topological polar surface area (TPSA) is 32.3 Å². The molecule has 0 heterocycles. The molecule has 1 aliphatic rings. The Morgan fingerprint density at radius 1 is 1.31 bits per heavy atom. The number of rotatable bonds is 6. The van der Waals surface area contributed by atoms with Gasteiger partial charge in [-0.25, -0.2) is 0 Å². The normalized spacial score (nSPS) is 27.0. The Labute approximate surface area is 101 Å². The van der Waals surface area contributed by atoms with Crippen LogP contribution in [0.5, 0.6) is 0 Å². The van der Waals surface area contributed by atoms with Crippen molar-refractivity contribution in [3.8, 4) is 0 Å². The molecule has 2 atom stereocenters. The summed E-state index contributed by atoms with van der Waals surface area (Å²) in [6.45, 7) is 8.88. The van der Waals surface area contributed by atoms with Gasteiger partial charge in [0.05, 0.1) is 0 Å². The Bertz CT molecular complexity index is 191. The van der Waals surface area contributed by atoms with Crippen molar-refractivity contribution >= 4 is 0 Å². The average molecular weight is 227 g/mol. The monoisotopic (exact) mass is 227 g/mol. The maximum Gasteiger partial charge on any atom is 0.0494 e. The Morgan fingerprint density at radius 3 is 2.69 bits per heavy atom. The maximum absolute atomic E-state index is 9.14. The molecule has 16 heavy (non-hydrogen) atoms. The Balaban J connectivity index is 2.06. The fraction of sp³-hybridized carbons (Fsp3) is 1.00. The molecule has 2 unspecified atom stereocenters. The second-order valence-corrected chi connectivity index (χ2v) is 6.43. The minimum absolute atomic E-state index is 0.0276. The maximum atomic E-state index is 9.14. The van der Waals surface area contributed by atoms with Crippen molar-refractivity contribution in [3.63, 3.8) is 0 Å². The molecule has 0 bridgehead atoms. The van der Waals surface area contributed by atoms with E-state index in [0.29, 0.717) is 0 Å². The summed E-state index contributed by atoms with van der Waals surface area (Å²) in [5.74, 6) is 1.88. The predicted octanol–water partition coefficient (Wildman–Crippen LogP) is 2.81. The van der Waals surface area contributed by atoms with Crippen LogP contribution in [0.3, 0.4) is 0 Å². The molecule has 96 valence electrons. The van der Waals surface area contributed by atoms with Crippen LogP contribution in [0.1, 0.15) is 52.9 Å². The molecule has 0 aliphatic heterocycles. The van der Waals surface area contributed by atoms with E-state index in [-0.39, 0.29) is 12.0 Å². The van der Waals surface area contributed by atoms with Crippen molar-refractivity contribution in [2.45, 2.75) is 52.9 Å². The Hall–Kier alpha value is -0.0800. The van der Waals surface area contributed by atoms with E-state index in [1.54, 1.807) is 0 Å². The van der Waals surface area contributed by atoms with Gasteiger partial charge in [0.15, 0.2) is 0 Å². The summed E-state index contributed by atoms with van der Waals surface area (Å²) in [4.78, 5) is 0. The third-order valence-corrected chi connectivity index (χ3v) is 3.81. The van der Waals surface area contributed by atoms with E-state index in [2.05, 4.69) is 26.1 Å². The number of aliphatic hydroxyl groups excluding tert-OH is 1. The third kappa shape index (κ3) is 5.31. The molecule has 1 saturated carbocycles. The van der Waals surface area contributed by atoms with Crippen LogP contribution in [0.2, 0.25) is 0 Å². The van der Waals surface area contributed by atoms with Crippen LogP contribution >= 0.6 is 0 Å². The highest BCUT2D eigenvalue weighted by Crippen LogP contribution is 2.30. The number of hydrogen-bond donors (Lipinski definition) is 2. The fourth-order valence-electron chi connectivity index (χ4n) is 2.61. The van der Waals surface area contributed by atoms with Crippen LogP contribution in [0, 0.1) is 17.3 Å². The molecule has 2 heteroatoms. The highest BCUT2D eigenvalue weighted by Gasteiger charge is 2.19. The lowest BCUT2D eigenvalue weighted by Gasteiger charge is -2.27. The zero-order valence-electron chi connectivity index (χ0n) is 11.3. The van der Waals surface area contributed by atoms with Crippen molar-refractivity contribution in [3.05, 3.63) is 0 Å². The molecule has 0 aromatic carbocycles. The van der Waals surface area contributed by atoms with Crippen LogP contribution in [0.4, 0.5) is 0 Å². The molecule has 0 radical (unpaired) electrons. The molecular weight excluding hydrogens is 198 g/mol. The first kappa shape index (κ1) is 14.0. The van der Waals surface area contributed by atoms with Gasteiger partial charge in [-0.15, -0.1) is 0 Å². The second kappa shape index (κ2) is 6.61. The minimum Gasteiger partial charge on any atom is -0.396 e. The lowest BCUT2D eigenvalue weighted by Crippen LogP contribution is -2.33. The van der Waals surface area contributed by atoms with E-state index in [4.69, 9.17) is 5.11 Å². The molecule has 2 N–H and O–H groups in total. The highest BCUT2D eigenvalue weighted by molar-refractivity contribution is 4.73. The zero-order valence-corrected chi connectivity index (χ0v) is 11.3. The van der Waals surface area contributed by atoms with Gasteiger partial charge >= 0.3 is 0 Å². The number of aliphatic hydroxyl groups is 1. The standard InChI is InChI=1S/C14H29NO/c1-12-5-4-6-13(9-12)7-8-15-10-14(2,3)11-16/h12-13,15-16H,4-11H2,1-3H3. The van der Waals surface area contributed by atoms with Gasteiger partial charge in [0.2, 0.25) is 0 Å². The van der Waals surface area contributed by atoms with Gasteiger partial charge in [0, 0.05) is 18.6 Å². The van der Waals surface area contributed by atoms with Crippen LogP contribution in [0.25, 0.3) is 0 Å². The molecule has 1 fully saturated rings. The largest absolute Gasteiger partial charge is 0.396 e. The van der Waals surface area contributed by atoms with Gasteiger partial charge < -0.3 is 10.4 Å². The first-order valence-corrected chi connectivity index (χ1v) is 6.85. The van der Waals surface area contributed by atoms with Crippen molar-refractivity contribution in [1.82, 2.24) is 5.32 Å². The Kier molecular flexibility index (Phi) is 5.77. The quantitative estimate of drug-likeness (QED) is 0.684. The molecule has 0 aromatic rings. The SMILES string of the molecule is CC1CCCC(CCNCC(C)(C)CO)C1. The van der Waals surface area contributed by atoms with Gasteiger partial charge in [-0.05, 0) is 31.2 Å². The van der Waals surface area contributed by atoms with E-state index in [1.165, 1.54) is 32.1 Å². The molecule has 0 amide bonds. The summed E-state index contributed by atoms with van der Waals surface area (Å²) in [7, 11) is 0. The summed E-state index contributed by atoms with van der Waals surface area (Å²) in [5.41, 5.74) is 0.0276. The van der Waals surface area contributed by atoms with E-state index in [0.717, 1.165) is 24.9 Å². The van der Waals surface area contributed by atoms with Gasteiger partial charge in [-0.2, -0.15) is 0 Å². The van der Waals surface area contributed by atoms with Crippen LogP contribution < -0.4 is 5.32 Å². The molecule has 1 rings (SSSR count). The summed E-state index contributed by atoms with van der Waals surface area (Å²) in [5, 5.41) is 12.6. The van der Waals surface area contributed by atoms with Crippen molar-refractivity contribution < 1.29 is 5.11 Å². The summed E-state index contributed by atoms with van der Waals surface area (Å²) >= 11 is 0. The summed E-state index contributed by atoms with van der Waals surface area (Å²) in [6, 6.07) is 0. The molecule has 0 saturated heterocycles. The summed E-state index contributed by atoms with van der Waals surface area (Å²) < 4.78 is 0. The molecule has 1 aliphatic carbocycles. The number of nitrogens with one attached hydrogen (secondary N) is 1. The first-order chi connectivity index (χ1) is 7.53. The van der Waals surface area contributed by atoms with Gasteiger partial charge in [0.1, 0.15) is 0 Å². The first-order valence-electron chi connectivity index (χ1n) is 6.85. The van der Waals surface area contributed by atoms with Crippen LogP contribution in [-0.4, -0.2) is 24.8 Å². The molecular formula is C14H29NO. The lowest BCUT2D eigenvalue weighted by molar-refractivity contribution is 0.155. The smallest absolute Gasteiger partial charge is 0.0494 e. The van der Waals surface area contributed by atoms with Crippen molar-refractivity contribution in [1.29, 1.82) is 0 Å². The van der Waals surface area contributed by atoms with Crippen LogP contribution in [-0.2, 0) is 0 Å². The predicted molar refractivity (Wildman–Crippen MR) is 69.5 cm³/mol. The zero-order chi connectivity index (χ0) is 12.0. The fourth-order valence-corrected chi connectivity index (χ4v) is 2.61. The lowest BCUT2D eigenvalue weighted by atomic mass is 9.81. The van der Waals surface area contributed by atoms with Gasteiger partial charge in [-0.3, -0.25) is 0 Å². The van der Waals surface area contributed by atoms with Crippen molar-refractivity contribution in [2.75, 3.05) is 19.7 Å². The van der Waals surface area contributed by atoms with E-state index in [1.807, 2.05) is 0 Å². The van der Waals surface area contributed by atoms with Crippen LogP contribution in [0.15, 0.2) is 0 Å².